The Kier molecular flexibility index (Phi) is 5.46. The molecule has 0 heterocycles. The second kappa shape index (κ2) is 7.11. The summed E-state index contributed by atoms with van der Waals surface area (Å²) in [6, 6.07) is 6.84. The molecule has 110 valence electrons. The van der Waals surface area contributed by atoms with Crippen LogP contribution in [0.3, 0.4) is 0 Å². The summed E-state index contributed by atoms with van der Waals surface area (Å²) in [4.78, 5) is 12.5. The summed E-state index contributed by atoms with van der Waals surface area (Å²) in [6.07, 6.45) is 3.48. The van der Waals surface area contributed by atoms with E-state index in [1.54, 1.807) is 18.2 Å². The molecular formula is C16H22FNOS. The lowest BCUT2D eigenvalue weighted by atomic mass is 9.78. The van der Waals surface area contributed by atoms with Crippen LogP contribution >= 0.6 is 11.8 Å². The first-order valence-electron chi connectivity index (χ1n) is 7.24. The van der Waals surface area contributed by atoms with Crippen LogP contribution in [0, 0.1) is 17.7 Å². The van der Waals surface area contributed by atoms with E-state index in [0.29, 0.717) is 16.7 Å². The largest absolute Gasteiger partial charge is 0.352 e. The molecule has 1 fully saturated rings. The fourth-order valence-corrected chi connectivity index (χ4v) is 3.49. The molecule has 1 aromatic carbocycles. The van der Waals surface area contributed by atoms with E-state index >= 15 is 0 Å². The number of benzene rings is 1. The van der Waals surface area contributed by atoms with Gasteiger partial charge in [0.05, 0.1) is 5.75 Å². The third-order valence-electron chi connectivity index (χ3n) is 4.25. The average molecular weight is 295 g/mol. The van der Waals surface area contributed by atoms with Crippen molar-refractivity contribution < 1.29 is 9.18 Å². The first-order chi connectivity index (χ1) is 9.58. The minimum Gasteiger partial charge on any atom is -0.352 e. The topological polar surface area (TPSA) is 29.1 Å². The number of carbonyl (C=O) groups excluding carboxylic acids is 1. The van der Waals surface area contributed by atoms with Crippen LogP contribution in [0.2, 0.25) is 0 Å². The zero-order valence-corrected chi connectivity index (χ0v) is 12.9. The highest BCUT2D eigenvalue weighted by atomic mass is 32.2. The van der Waals surface area contributed by atoms with Crippen molar-refractivity contribution in [1.82, 2.24) is 5.32 Å². The third kappa shape index (κ3) is 3.98. The van der Waals surface area contributed by atoms with Gasteiger partial charge in [-0.2, -0.15) is 0 Å². The maximum Gasteiger partial charge on any atom is 0.230 e. The number of rotatable bonds is 4. The zero-order valence-electron chi connectivity index (χ0n) is 12.1. The number of carbonyl (C=O) groups is 1. The Morgan fingerprint density at radius 1 is 1.35 bits per heavy atom. The molecular weight excluding hydrogens is 273 g/mol. The summed E-state index contributed by atoms with van der Waals surface area (Å²) in [6.45, 7) is 4.45. The van der Waals surface area contributed by atoms with Gasteiger partial charge in [-0.15, -0.1) is 11.8 Å². The van der Waals surface area contributed by atoms with Crippen LogP contribution in [0.4, 0.5) is 4.39 Å². The van der Waals surface area contributed by atoms with Crippen molar-refractivity contribution in [2.75, 3.05) is 5.75 Å². The molecule has 2 nitrogen and oxygen atoms in total. The van der Waals surface area contributed by atoms with E-state index < -0.39 is 0 Å². The van der Waals surface area contributed by atoms with Gasteiger partial charge in [0, 0.05) is 10.9 Å². The number of hydrogen-bond donors (Lipinski definition) is 1. The van der Waals surface area contributed by atoms with Crippen LogP contribution in [0.25, 0.3) is 0 Å². The Balaban J connectivity index is 1.82. The average Bonchev–Trinajstić information content (AvgIpc) is 2.43. The maximum atomic E-state index is 13.5. The molecule has 1 aliphatic carbocycles. The van der Waals surface area contributed by atoms with E-state index in [-0.39, 0.29) is 23.5 Å². The monoisotopic (exact) mass is 295 g/mol. The SMILES string of the molecule is C[C@@H]1[C@@H](C)CCC[C@H]1NC(=O)CSc1ccccc1F. The Morgan fingerprint density at radius 3 is 2.85 bits per heavy atom. The minimum atomic E-state index is -0.259. The van der Waals surface area contributed by atoms with Crippen molar-refractivity contribution in [2.24, 2.45) is 11.8 Å². The highest BCUT2D eigenvalue weighted by Crippen LogP contribution is 2.29. The molecule has 0 bridgehead atoms. The Labute approximate surface area is 124 Å². The van der Waals surface area contributed by atoms with Crippen molar-refractivity contribution >= 4 is 17.7 Å². The third-order valence-corrected chi connectivity index (χ3v) is 5.30. The fourth-order valence-electron chi connectivity index (χ4n) is 2.74. The lowest BCUT2D eigenvalue weighted by molar-refractivity contribution is -0.119. The molecule has 1 saturated carbocycles. The van der Waals surface area contributed by atoms with Crippen LogP contribution in [-0.2, 0) is 4.79 Å². The van der Waals surface area contributed by atoms with Gasteiger partial charge in [-0.1, -0.05) is 38.8 Å². The van der Waals surface area contributed by atoms with Crippen LogP contribution in [-0.4, -0.2) is 17.7 Å². The highest BCUT2D eigenvalue weighted by molar-refractivity contribution is 8.00. The number of halogens is 1. The van der Waals surface area contributed by atoms with Gasteiger partial charge in [-0.05, 0) is 30.4 Å². The predicted octanol–water partition coefficient (Wildman–Crippen LogP) is 3.86. The zero-order chi connectivity index (χ0) is 14.5. The lowest BCUT2D eigenvalue weighted by Crippen LogP contribution is -2.44. The van der Waals surface area contributed by atoms with Crippen LogP contribution in [0.1, 0.15) is 33.1 Å². The summed E-state index contributed by atoms with van der Waals surface area (Å²) >= 11 is 1.26. The number of thioether (sulfide) groups is 1. The van der Waals surface area contributed by atoms with E-state index in [2.05, 4.69) is 19.2 Å². The normalized spacial score (nSPS) is 26.2. The van der Waals surface area contributed by atoms with Gasteiger partial charge in [0.1, 0.15) is 5.82 Å². The van der Waals surface area contributed by atoms with E-state index in [4.69, 9.17) is 0 Å². The minimum absolute atomic E-state index is 0.00389. The second-order valence-electron chi connectivity index (χ2n) is 5.66. The van der Waals surface area contributed by atoms with Crippen molar-refractivity contribution in [3.63, 3.8) is 0 Å². The molecule has 4 heteroatoms. The summed E-state index contributed by atoms with van der Waals surface area (Å²) in [5.74, 6) is 1.20. The van der Waals surface area contributed by atoms with Gasteiger partial charge in [0.15, 0.2) is 0 Å². The van der Waals surface area contributed by atoms with Gasteiger partial charge in [-0.3, -0.25) is 4.79 Å². The van der Waals surface area contributed by atoms with Crippen LogP contribution < -0.4 is 5.32 Å². The highest BCUT2D eigenvalue weighted by Gasteiger charge is 2.27. The van der Waals surface area contributed by atoms with E-state index in [1.165, 1.54) is 30.7 Å². The molecule has 20 heavy (non-hydrogen) atoms. The van der Waals surface area contributed by atoms with Gasteiger partial charge in [0.2, 0.25) is 5.91 Å². The van der Waals surface area contributed by atoms with E-state index in [0.717, 1.165) is 6.42 Å². The van der Waals surface area contributed by atoms with Crippen LogP contribution in [0.15, 0.2) is 29.2 Å². The van der Waals surface area contributed by atoms with E-state index in [1.807, 2.05) is 0 Å². The molecule has 3 atom stereocenters. The number of nitrogens with one attached hydrogen (secondary N) is 1. The Bertz CT molecular complexity index is 466. The van der Waals surface area contributed by atoms with E-state index in [9.17, 15) is 9.18 Å². The summed E-state index contributed by atoms with van der Waals surface area (Å²) in [7, 11) is 0. The molecule has 1 aromatic rings. The lowest BCUT2D eigenvalue weighted by Gasteiger charge is -2.34. The molecule has 1 amide bonds. The second-order valence-corrected chi connectivity index (χ2v) is 6.68. The van der Waals surface area contributed by atoms with Crippen molar-refractivity contribution in [3.8, 4) is 0 Å². The molecule has 0 saturated heterocycles. The molecule has 0 aliphatic heterocycles. The molecule has 1 N–H and O–H groups in total. The molecule has 0 unspecified atom stereocenters. The first kappa shape index (κ1) is 15.4. The molecule has 2 rings (SSSR count). The summed E-state index contributed by atoms with van der Waals surface area (Å²) < 4.78 is 13.5. The fraction of sp³-hybridized carbons (Fsp3) is 0.562. The van der Waals surface area contributed by atoms with Gasteiger partial charge in [-0.25, -0.2) is 4.39 Å². The smallest absolute Gasteiger partial charge is 0.230 e. The number of amides is 1. The molecule has 0 aromatic heterocycles. The summed E-state index contributed by atoms with van der Waals surface area (Å²) in [5.41, 5.74) is 0. The van der Waals surface area contributed by atoms with Crippen molar-refractivity contribution in [1.29, 1.82) is 0 Å². The molecule has 0 radical (unpaired) electrons. The van der Waals surface area contributed by atoms with Gasteiger partial charge < -0.3 is 5.32 Å². The van der Waals surface area contributed by atoms with Gasteiger partial charge in [0.25, 0.3) is 0 Å². The van der Waals surface area contributed by atoms with Crippen molar-refractivity contribution in [2.45, 2.75) is 44.0 Å². The predicted molar refractivity (Wildman–Crippen MR) is 81.2 cm³/mol. The Morgan fingerprint density at radius 2 is 2.10 bits per heavy atom. The number of hydrogen-bond acceptors (Lipinski definition) is 2. The van der Waals surface area contributed by atoms with Crippen LogP contribution in [0.5, 0.6) is 0 Å². The maximum absolute atomic E-state index is 13.5. The molecule has 1 aliphatic rings. The van der Waals surface area contributed by atoms with Crippen molar-refractivity contribution in [3.05, 3.63) is 30.1 Å². The molecule has 0 spiro atoms. The first-order valence-corrected chi connectivity index (χ1v) is 8.23. The quantitative estimate of drug-likeness (QED) is 0.855. The Hall–Kier alpha value is -1.03. The van der Waals surface area contributed by atoms with Gasteiger partial charge >= 0.3 is 0 Å². The standard InChI is InChI=1S/C16H22FNOS/c1-11-6-5-8-14(12(11)2)18-16(19)10-20-15-9-4-3-7-13(15)17/h3-4,7,9,11-12,14H,5-6,8,10H2,1-2H3,(H,18,19)/t11-,12+,14+/m0/s1. The summed E-state index contributed by atoms with van der Waals surface area (Å²) in [5, 5.41) is 3.11.